The second-order valence-corrected chi connectivity index (χ2v) is 11.9. The summed E-state index contributed by atoms with van der Waals surface area (Å²) in [5, 5.41) is 22.2. The lowest BCUT2D eigenvalue weighted by molar-refractivity contribution is -0.138. The number of hydrogen-bond acceptors (Lipinski definition) is 7. The van der Waals surface area contributed by atoms with Crippen molar-refractivity contribution in [2.45, 2.75) is 51.7 Å². The highest BCUT2D eigenvalue weighted by Crippen LogP contribution is 2.33. The third-order valence-electron chi connectivity index (χ3n) is 7.34. The molecule has 2 amide bonds. The Balaban J connectivity index is 1.48. The molecule has 222 valence electrons. The first kappa shape index (κ1) is 30.7. The number of ether oxygens (including phenoxy) is 1. The minimum atomic E-state index is -1.59. The Morgan fingerprint density at radius 1 is 1.12 bits per heavy atom. The SMILES string of the molecule is CC(C)(C)[C@H](NC1CCNCC1)C(=O)N1CCN[C@@H](C(=O)Nc2ccc(-c3ccc(Cl)cc3F)cc2OC(=O)O)C1. The van der Waals surface area contributed by atoms with Gasteiger partial charge >= 0.3 is 6.16 Å². The molecular formula is C29H37ClFN5O5. The van der Waals surface area contributed by atoms with Crippen molar-refractivity contribution in [3.63, 3.8) is 0 Å². The van der Waals surface area contributed by atoms with Crippen molar-refractivity contribution in [2.75, 3.05) is 38.0 Å². The highest BCUT2D eigenvalue weighted by molar-refractivity contribution is 6.30. The lowest BCUT2D eigenvalue weighted by Crippen LogP contribution is -2.63. The number of carboxylic acid groups (broad SMARTS) is 1. The molecular weight excluding hydrogens is 553 g/mol. The van der Waals surface area contributed by atoms with E-state index in [1.165, 1.54) is 24.3 Å². The van der Waals surface area contributed by atoms with E-state index in [4.69, 9.17) is 16.3 Å². The van der Waals surface area contributed by atoms with Crippen molar-refractivity contribution in [1.29, 1.82) is 0 Å². The van der Waals surface area contributed by atoms with Crippen LogP contribution in [0.5, 0.6) is 5.75 Å². The number of carbonyl (C=O) groups excluding carboxylic acids is 2. The Kier molecular flexibility index (Phi) is 9.85. The number of nitrogens with zero attached hydrogens (tertiary/aromatic N) is 1. The molecule has 41 heavy (non-hydrogen) atoms. The smallest absolute Gasteiger partial charge is 0.449 e. The zero-order chi connectivity index (χ0) is 29.7. The number of piperidine rings is 1. The van der Waals surface area contributed by atoms with Crippen LogP contribution >= 0.6 is 11.6 Å². The summed E-state index contributed by atoms with van der Waals surface area (Å²) in [5.41, 5.74) is 0.298. The Labute approximate surface area is 244 Å². The van der Waals surface area contributed by atoms with E-state index < -0.39 is 30.0 Å². The monoisotopic (exact) mass is 589 g/mol. The third kappa shape index (κ3) is 7.94. The Hall–Kier alpha value is -3.25. The summed E-state index contributed by atoms with van der Waals surface area (Å²) >= 11 is 5.85. The van der Waals surface area contributed by atoms with Crippen LogP contribution in [-0.2, 0) is 9.59 Å². The summed E-state index contributed by atoms with van der Waals surface area (Å²) in [6.07, 6.45) is 0.295. The maximum Gasteiger partial charge on any atom is 0.511 e. The first-order chi connectivity index (χ1) is 19.4. The van der Waals surface area contributed by atoms with E-state index in [2.05, 4.69) is 21.3 Å². The molecule has 4 rings (SSSR count). The zero-order valence-corrected chi connectivity index (χ0v) is 24.2. The summed E-state index contributed by atoms with van der Waals surface area (Å²) in [4.78, 5) is 40.1. The van der Waals surface area contributed by atoms with E-state index >= 15 is 0 Å². The molecule has 5 N–H and O–H groups in total. The number of carbonyl (C=O) groups is 3. The van der Waals surface area contributed by atoms with Crippen molar-refractivity contribution in [3.8, 4) is 16.9 Å². The fourth-order valence-electron chi connectivity index (χ4n) is 5.14. The molecule has 10 nitrogen and oxygen atoms in total. The molecule has 12 heteroatoms. The molecule has 2 aliphatic heterocycles. The highest BCUT2D eigenvalue weighted by Gasteiger charge is 2.38. The maximum absolute atomic E-state index is 14.5. The maximum atomic E-state index is 14.5. The molecule has 2 aromatic carbocycles. The molecule has 2 saturated heterocycles. The summed E-state index contributed by atoms with van der Waals surface area (Å²) < 4.78 is 19.4. The van der Waals surface area contributed by atoms with Crippen molar-refractivity contribution in [3.05, 3.63) is 47.2 Å². The molecule has 0 spiro atoms. The normalized spacial score (nSPS) is 19.0. The molecule has 2 aliphatic rings. The summed E-state index contributed by atoms with van der Waals surface area (Å²) in [7, 11) is 0. The molecule has 2 heterocycles. The van der Waals surface area contributed by atoms with Crippen LogP contribution in [0.4, 0.5) is 14.9 Å². The molecule has 0 bridgehead atoms. The van der Waals surface area contributed by atoms with Gasteiger partial charge in [-0.3, -0.25) is 9.59 Å². The molecule has 0 aliphatic carbocycles. The molecule has 2 atom stereocenters. The van der Waals surface area contributed by atoms with Crippen molar-refractivity contribution in [2.24, 2.45) is 5.41 Å². The van der Waals surface area contributed by atoms with Crippen LogP contribution in [0.3, 0.4) is 0 Å². The van der Waals surface area contributed by atoms with Crippen molar-refractivity contribution >= 4 is 35.3 Å². The van der Waals surface area contributed by atoms with Crippen LogP contribution in [0.2, 0.25) is 5.02 Å². The summed E-state index contributed by atoms with van der Waals surface area (Å²) in [6.45, 7) is 8.91. The van der Waals surface area contributed by atoms with E-state index in [1.54, 1.807) is 11.0 Å². The fourth-order valence-corrected chi connectivity index (χ4v) is 5.30. The number of amides is 2. The van der Waals surface area contributed by atoms with Gasteiger partial charge in [-0.2, -0.15) is 0 Å². The number of benzene rings is 2. The van der Waals surface area contributed by atoms with Gasteiger partial charge < -0.3 is 36.0 Å². The first-order valence-electron chi connectivity index (χ1n) is 13.7. The van der Waals surface area contributed by atoms with Crippen LogP contribution in [-0.4, -0.2) is 78.8 Å². The van der Waals surface area contributed by atoms with Gasteiger partial charge in [0.15, 0.2) is 5.75 Å². The standard InChI is InChI=1S/C29H37ClFN5O5/c1-29(2,3)25(34-19-8-10-32-11-9-19)27(38)36-13-12-33-23(16-36)26(37)35-22-7-4-17(14-24(22)41-28(39)40)20-6-5-18(30)15-21(20)31/h4-7,14-15,19,23,25,32-34H,8-13,16H2,1-3H3,(H,35,37)(H,39,40)/t23-,25-/m1/s1. The predicted octanol–water partition coefficient (Wildman–Crippen LogP) is 3.70. The molecule has 0 saturated carbocycles. The lowest BCUT2D eigenvalue weighted by atomic mass is 9.84. The third-order valence-corrected chi connectivity index (χ3v) is 7.57. The lowest BCUT2D eigenvalue weighted by Gasteiger charge is -2.41. The largest absolute Gasteiger partial charge is 0.511 e. The zero-order valence-electron chi connectivity index (χ0n) is 23.4. The number of nitrogens with one attached hydrogen (secondary N) is 4. The average molecular weight is 590 g/mol. The van der Waals surface area contributed by atoms with E-state index in [0.29, 0.717) is 18.7 Å². The van der Waals surface area contributed by atoms with Crippen LogP contribution in [0.25, 0.3) is 11.1 Å². The second kappa shape index (κ2) is 13.2. The Morgan fingerprint density at radius 2 is 1.85 bits per heavy atom. The minimum absolute atomic E-state index is 0.0559. The minimum Gasteiger partial charge on any atom is -0.449 e. The van der Waals surface area contributed by atoms with Gasteiger partial charge in [-0.05, 0) is 67.2 Å². The van der Waals surface area contributed by atoms with Gasteiger partial charge in [0.2, 0.25) is 11.8 Å². The number of halogens is 2. The molecule has 0 aromatic heterocycles. The van der Waals surface area contributed by atoms with Crippen LogP contribution < -0.4 is 26.0 Å². The van der Waals surface area contributed by atoms with E-state index in [1.807, 2.05) is 20.8 Å². The van der Waals surface area contributed by atoms with E-state index in [0.717, 1.165) is 32.0 Å². The second-order valence-electron chi connectivity index (χ2n) is 11.5. The van der Waals surface area contributed by atoms with Gasteiger partial charge in [-0.1, -0.05) is 38.4 Å². The quantitative estimate of drug-likeness (QED) is 0.244. The van der Waals surface area contributed by atoms with E-state index in [9.17, 15) is 23.9 Å². The predicted molar refractivity (Wildman–Crippen MR) is 155 cm³/mol. The van der Waals surface area contributed by atoms with Crippen LogP contribution in [0.15, 0.2) is 36.4 Å². The average Bonchev–Trinajstić information content (AvgIpc) is 2.92. The number of anilines is 1. The molecule has 0 radical (unpaired) electrons. The van der Waals surface area contributed by atoms with Crippen LogP contribution in [0.1, 0.15) is 33.6 Å². The Bertz CT molecular complexity index is 1280. The van der Waals surface area contributed by atoms with E-state index in [-0.39, 0.29) is 45.9 Å². The van der Waals surface area contributed by atoms with Gasteiger partial charge in [0, 0.05) is 36.3 Å². The molecule has 2 fully saturated rings. The summed E-state index contributed by atoms with van der Waals surface area (Å²) in [5.74, 6) is -1.27. The topological polar surface area (TPSA) is 132 Å². The first-order valence-corrected chi connectivity index (χ1v) is 14.1. The van der Waals surface area contributed by atoms with Crippen LogP contribution in [0, 0.1) is 11.2 Å². The highest BCUT2D eigenvalue weighted by atomic mass is 35.5. The van der Waals surface area contributed by atoms with Gasteiger partial charge in [0.25, 0.3) is 0 Å². The summed E-state index contributed by atoms with van der Waals surface area (Å²) in [6, 6.07) is 7.55. The number of rotatable bonds is 7. The van der Waals surface area contributed by atoms with Gasteiger partial charge in [0.05, 0.1) is 11.7 Å². The van der Waals surface area contributed by atoms with Gasteiger partial charge in [-0.15, -0.1) is 0 Å². The van der Waals surface area contributed by atoms with Gasteiger partial charge in [-0.25, -0.2) is 9.18 Å². The number of hydrogen-bond donors (Lipinski definition) is 5. The fraction of sp³-hybridized carbons (Fsp3) is 0.483. The Morgan fingerprint density at radius 3 is 2.51 bits per heavy atom. The van der Waals surface area contributed by atoms with Crippen molar-refractivity contribution < 1.29 is 28.6 Å². The molecule has 2 aromatic rings. The molecule has 0 unspecified atom stereocenters. The number of piperazine rings is 1. The van der Waals surface area contributed by atoms with Crippen molar-refractivity contribution in [1.82, 2.24) is 20.9 Å². The van der Waals surface area contributed by atoms with Gasteiger partial charge in [0.1, 0.15) is 11.9 Å².